The summed E-state index contributed by atoms with van der Waals surface area (Å²) < 4.78 is 0. The van der Waals surface area contributed by atoms with Crippen LogP contribution in [0.4, 0.5) is 0 Å². The van der Waals surface area contributed by atoms with Gasteiger partial charge in [-0.05, 0) is 5.57 Å². The van der Waals surface area contributed by atoms with E-state index in [4.69, 9.17) is 0 Å². The number of rotatable bonds is 4. The van der Waals surface area contributed by atoms with Gasteiger partial charge in [-0.25, -0.2) is 0 Å². The van der Waals surface area contributed by atoms with Gasteiger partial charge in [0.25, 0.3) is 0 Å². The first-order valence-corrected chi connectivity index (χ1v) is 2.78. The van der Waals surface area contributed by atoms with E-state index in [1.807, 2.05) is 0 Å². The summed E-state index contributed by atoms with van der Waals surface area (Å²) in [5.74, 6) is 0. The number of hydrogen-bond donors (Lipinski definition) is 0. The predicted molar refractivity (Wildman–Crippen MR) is 46.5 cm³/mol. The highest BCUT2D eigenvalue weighted by molar-refractivity contribution is 5.81. The second-order valence-electron chi connectivity index (χ2n) is 1.56. The highest BCUT2D eigenvalue weighted by Crippen LogP contribution is 1.88. The van der Waals surface area contributed by atoms with Crippen molar-refractivity contribution in [3.8, 4) is 0 Å². The van der Waals surface area contributed by atoms with Gasteiger partial charge < -0.3 is 0 Å². The topological polar surface area (TPSA) is 24.7 Å². The van der Waals surface area contributed by atoms with Crippen LogP contribution >= 0.6 is 0 Å². The molecule has 2 nitrogen and oxygen atoms in total. The molecule has 0 aliphatic rings. The Bertz CT molecular complexity index is 167. The van der Waals surface area contributed by atoms with Crippen molar-refractivity contribution in [3.05, 3.63) is 37.0 Å². The van der Waals surface area contributed by atoms with Crippen molar-refractivity contribution in [2.45, 2.75) is 0 Å². The Labute approximate surface area is 61.0 Å². The van der Waals surface area contributed by atoms with Gasteiger partial charge in [-0.2, -0.15) is 10.2 Å². The van der Waals surface area contributed by atoms with E-state index in [9.17, 15) is 0 Å². The third-order valence-corrected chi connectivity index (χ3v) is 0.752. The normalized spacial score (nSPS) is 10.4. The highest BCUT2D eigenvalue weighted by Gasteiger charge is 1.75. The van der Waals surface area contributed by atoms with E-state index in [2.05, 4.69) is 30.1 Å². The minimum atomic E-state index is 0.771. The summed E-state index contributed by atoms with van der Waals surface area (Å²) in [7, 11) is 0. The van der Waals surface area contributed by atoms with Crippen LogP contribution in [0, 0.1) is 0 Å². The maximum Gasteiger partial charge on any atom is 0.0561 e. The Balaban J connectivity index is 3.85. The molecule has 0 aliphatic heterocycles. The maximum absolute atomic E-state index is 3.66. The summed E-state index contributed by atoms with van der Waals surface area (Å²) in [6.07, 6.45) is 6.74. The fraction of sp³-hybridized carbons (Fsp3) is 0. The van der Waals surface area contributed by atoms with Crippen LogP contribution in [0.3, 0.4) is 0 Å². The Morgan fingerprint density at radius 2 is 2.10 bits per heavy atom. The van der Waals surface area contributed by atoms with Crippen LogP contribution in [0.5, 0.6) is 0 Å². The monoisotopic (exact) mass is 134 g/mol. The molecule has 0 aromatic rings. The largest absolute Gasteiger partial charge is 0.167 e. The molecular weight excluding hydrogens is 124 g/mol. The van der Waals surface area contributed by atoms with E-state index in [1.165, 1.54) is 6.21 Å². The molecule has 10 heavy (non-hydrogen) atoms. The third kappa shape index (κ3) is 4.71. The quantitative estimate of drug-likeness (QED) is 0.319. The minimum absolute atomic E-state index is 0.771. The molecule has 0 heterocycles. The van der Waals surface area contributed by atoms with Crippen LogP contribution in [-0.2, 0) is 0 Å². The molecule has 0 rings (SSSR count). The van der Waals surface area contributed by atoms with Crippen LogP contribution in [0.2, 0.25) is 0 Å². The van der Waals surface area contributed by atoms with E-state index in [0.717, 1.165) is 5.57 Å². The van der Waals surface area contributed by atoms with E-state index in [-0.39, 0.29) is 0 Å². The second kappa shape index (κ2) is 5.69. The fourth-order valence-electron chi connectivity index (χ4n) is 0.350. The molecule has 0 bridgehead atoms. The average molecular weight is 134 g/mol. The molecule has 0 radical (unpaired) electrons. The standard InChI is InChI=1S/C8H10N2/c1-4-5-6-8(2)7-10-9-3/h4-7H,1-3H2/b6-5-,10-7-. The molecule has 0 fully saturated rings. The molecule has 0 aromatic carbocycles. The van der Waals surface area contributed by atoms with Crippen molar-refractivity contribution >= 4 is 12.9 Å². The van der Waals surface area contributed by atoms with Crippen molar-refractivity contribution in [1.82, 2.24) is 0 Å². The molecular formula is C8H10N2. The zero-order valence-corrected chi connectivity index (χ0v) is 5.83. The lowest BCUT2D eigenvalue weighted by atomic mass is 10.3. The number of nitrogens with zero attached hydrogens (tertiary/aromatic N) is 2. The van der Waals surface area contributed by atoms with Crippen molar-refractivity contribution in [2.75, 3.05) is 0 Å². The first kappa shape index (κ1) is 8.56. The van der Waals surface area contributed by atoms with Crippen molar-refractivity contribution < 1.29 is 0 Å². The van der Waals surface area contributed by atoms with Gasteiger partial charge in [0.05, 0.1) is 6.21 Å². The van der Waals surface area contributed by atoms with E-state index < -0.39 is 0 Å². The van der Waals surface area contributed by atoms with E-state index in [0.29, 0.717) is 0 Å². The molecule has 0 spiro atoms. The lowest BCUT2D eigenvalue weighted by Crippen LogP contribution is -1.73. The molecule has 0 saturated heterocycles. The smallest absolute Gasteiger partial charge is 0.0561 e. The van der Waals surface area contributed by atoms with Gasteiger partial charge in [-0.15, -0.1) is 0 Å². The Kier molecular flexibility index (Phi) is 4.87. The number of hydrogen-bond acceptors (Lipinski definition) is 2. The number of allylic oxidation sites excluding steroid dienone is 4. The zero-order chi connectivity index (χ0) is 7.82. The Morgan fingerprint density at radius 1 is 1.40 bits per heavy atom. The van der Waals surface area contributed by atoms with Gasteiger partial charge in [0, 0.05) is 6.72 Å². The molecule has 0 atom stereocenters. The lowest BCUT2D eigenvalue weighted by molar-refractivity contribution is 1.28. The summed E-state index contributed by atoms with van der Waals surface area (Å²) in [5, 5.41) is 6.81. The van der Waals surface area contributed by atoms with Crippen molar-refractivity contribution in [1.29, 1.82) is 0 Å². The first-order valence-electron chi connectivity index (χ1n) is 2.78. The third-order valence-electron chi connectivity index (χ3n) is 0.752. The minimum Gasteiger partial charge on any atom is -0.167 e. The van der Waals surface area contributed by atoms with Crippen LogP contribution in [0.1, 0.15) is 0 Å². The zero-order valence-electron chi connectivity index (χ0n) is 5.83. The fourth-order valence-corrected chi connectivity index (χ4v) is 0.350. The lowest BCUT2D eigenvalue weighted by Gasteiger charge is -1.82. The molecule has 0 aromatic heterocycles. The summed E-state index contributed by atoms with van der Waals surface area (Å²) in [5.41, 5.74) is 0.771. The summed E-state index contributed by atoms with van der Waals surface area (Å²) in [6, 6.07) is 0. The SMILES string of the molecule is C=C/C=C\C(=C)/C=N\N=C. The van der Waals surface area contributed by atoms with Crippen LogP contribution < -0.4 is 0 Å². The van der Waals surface area contributed by atoms with E-state index in [1.54, 1.807) is 18.2 Å². The molecule has 0 amide bonds. The molecule has 0 saturated carbocycles. The van der Waals surface area contributed by atoms with Crippen LogP contribution in [0.25, 0.3) is 0 Å². The van der Waals surface area contributed by atoms with Gasteiger partial charge in [0.15, 0.2) is 0 Å². The average Bonchev–Trinajstić information content (AvgIpc) is 1.97. The van der Waals surface area contributed by atoms with Gasteiger partial charge in [0.2, 0.25) is 0 Å². The van der Waals surface area contributed by atoms with Gasteiger partial charge in [0.1, 0.15) is 0 Å². The van der Waals surface area contributed by atoms with Crippen LogP contribution in [0.15, 0.2) is 47.2 Å². The Morgan fingerprint density at radius 3 is 2.60 bits per heavy atom. The summed E-state index contributed by atoms with van der Waals surface area (Å²) in [4.78, 5) is 0. The van der Waals surface area contributed by atoms with Gasteiger partial charge in [-0.3, -0.25) is 0 Å². The Hall–Kier alpha value is -1.44. The van der Waals surface area contributed by atoms with Crippen molar-refractivity contribution in [3.63, 3.8) is 0 Å². The molecule has 52 valence electrons. The second-order valence-corrected chi connectivity index (χ2v) is 1.56. The first-order chi connectivity index (χ1) is 4.81. The summed E-state index contributed by atoms with van der Waals surface area (Å²) in [6.45, 7) is 10.3. The molecule has 2 heteroatoms. The summed E-state index contributed by atoms with van der Waals surface area (Å²) >= 11 is 0. The molecule has 0 aliphatic carbocycles. The predicted octanol–water partition coefficient (Wildman–Crippen LogP) is 1.97. The maximum atomic E-state index is 3.66. The van der Waals surface area contributed by atoms with Gasteiger partial charge in [-0.1, -0.05) is 31.4 Å². The highest BCUT2D eigenvalue weighted by atomic mass is 15.2. The van der Waals surface area contributed by atoms with Crippen molar-refractivity contribution in [2.24, 2.45) is 10.2 Å². The molecule has 0 unspecified atom stereocenters. The molecule has 0 N–H and O–H groups in total. The van der Waals surface area contributed by atoms with E-state index >= 15 is 0 Å². The van der Waals surface area contributed by atoms with Crippen LogP contribution in [-0.4, -0.2) is 12.9 Å². The van der Waals surface area contributed by atoms with Gasteiger partial charge >= 0.3 is 0 Å².